The molecule has 3 heteroatoms. The zero-order chi connectivity index (χ0) is 11.0. The van der Waals surface area contributed by atoms with Gasteiger partial charge in [0.25, 0.3) is 0 Å². The Morgan fingerprint density at radius 2 is 2.00 bits per heavy atom. The van der Waals surface area contributed by atoms with E-state index in [1.807, 2.05) is 18.2 Å². The van der Waals surface area contributed by atoms with Gasteiger partial charge in [-0.15, -0.1) is 0 Å². The molecule has 1 aliphatic rings. The molecule has 0 aromatic heterocycles. The van der Waals surface area contributed by atoms with E-state index in [2.05, 4.69) is 0 Å². The predicted molar refractivity (Wildman–Crippen MR) is 54.7 cm³/mol. The highest BCUT2D eigenvalue weighted by atomic mass is 16.5. The van der Waals surface area contributed by atoms with Gasteiger partial charge in [-0.1, -0.05) is 31.2 Å². The molecule has 78 valence electrons. The van der Waals surface area contributed by atoms with Crippen LogP contribution in [0.25, 0.3) is 0 Å². The van der Waals surface area contributed by atoms with Crippen LogP contribution in [0.2, 0.25) is 0 Å². The minimum Gasteiger partial charge on any atom is -0.469 e. The molecule has 0 radical (unpaired) electrons. The summed E-state index contributed by atoms with van der Waals surface area (Å²) in [7, 11) is 1.35. The number of ketones is 1. The number of carbonyl (C=O) groups excluding carboxylic acids is 2. The zero-order valence-electron chi connectivity index (χ0n) is 8.69. The van der Waals surface area contributed by atoms with Crippen molar-refractivity contribution in [1.29, 1.82) is 0 Å². The van der Waals surface area contributed by atoms with Crippen LogP contribution in [-0.2, 0) is 9.53 Å². The number of esters is 1. The second-order valence-electron chi connectivity index (χ2n) is 3.74. The number of fused-ring (bicyclic) bond motifs is 1. The third-order valence-electron chi connectivity index (χ3n) is 2.93. The van der Waals surface area contributed by atoms with Crippen molar-refractivity contribution >= 4 is 11.8 Å². The molecule has 2 unspecified atom stereocenters. The lowest BCUT2D eigenvalue weighted by Crippen LogP contribution is -2.19. The Morgan fingerprint density at radius 1 is 1.33 bits per heavy atom. The lowest BCUT2D eigenvalue weighted by atomic mass is 9.94. The molecule has 0 saturated carbocycles. The van der Waals surface area contributed by atoms with Crippen LogP contribution < -0.4 is 0 Å². The molecule has 1 aliphatic carbocycles. The molecule has 15 heavy (non-hydrogen) atoms. The van der Waals surface area contributed by atoms with Crippen molar-refractivity contribution in [2.24, 2.45) is 5.92 Å². The topological polar surface area (TPSA) is 43.4 Å². The van der Waals surface area contributed by atoms with E-state index in [1.54, 1.807) is 13.0 Å². The summed E-state index contributed by atoms with van der Waals surface area (Å²) >= 11 is 0. The molecule has 0 aliphatic heterocycles. The summed E-state index contributed by atoms with van der Waals surface area (Å²) in [5.74, 6) is -1.05. The van der Waals surface area contributed by atoms with Crippen LogP contribution in [-0.4, -0.2) is 18.9 Å². The highest BCUT2D eigenvalue weighted by Gasteiger charge is 2.41. The van der Waals surface area contributed by atoms with Gasteiger partial charge in [-0.2, -0.15) is 0 Å². The number of rotatable bonds is 1. The number of hydrogen-bond donors (Lipinski definition) is 0. The van der Waals surface area contributed by atoms with Gasteiger partial charge in [-0.25, -0.2) is 0 Å². The fourth-order valence-electron chi connectivity index (χ4n) is 2.12. The van der Waals surface area contributed by atoms with Crippen LogP contribution in [0.3, 0.4) is 0 Å². The Hall–Kier alpha value is -1.64. The van der Waals surface area contributed by atoms with Crippen LogP contribution in [0, 0.1) is 5.92 Å². The van der Waals surface area contributed by atoms with Gasteiger partial charge in [0.15, 0.2) is 5.78 Å². The largest absolute Gasteiger partial charge is 0.469 e. The Morgan fingerprint density at radius 3 is 2.67 bits per heavy atom. The summed E-state index contributed by atoms with van der Waals surface area (Å²) in [5, 5.41) is 0. The van der Waals surface area contributed by atoms with E-state index >= 15 is 0 Å². The zero-order valence-corrected chi connectivity index (χ0v) is 8.69. The molecular formula is C12H12O3. The first kappa shape index (κ1) is 9.90. The van der Waals surface area contributed by atoms with Crippen molar-refractivity contribution in [3.05, 3.63) is 35.4 Å². The second-order valence-corrected chi connectivity index (χ2v) is 3.74. The first-order valence-corrected chi connectivity index (χ1v) is 4.87. The standard InChI is InChI=1S/C12H12O3/c1-7-10(12(14)15-2)8-5-3-4-6-9(8)11(7)13/h3-7,10H,1-2H3. The maximum atomic E-state index is 11.8. The first-order valence-electron chi connectivity index (χ1n) is 4.87. The molecule has 0 heterocycles. The normalized spacial score (nSPS) is 23.7. The molecule has 1 aromatic carbocycles. The lowest BCUT2D eigenvalue weighted by molar-refractivity contribution is -0.143. The molecule has 0 saturated heterocycles. The highest BCUT2D eigenvalue weighted by molar-refractivity contribution is 6.07. The average molecular weight is 204 g/mol. The maximum Gasteiger partial charge on any atom is 0.313 e. The number of hydrogen-bond acceptors (Lipinski definition) is 3. The van der Waals surface area contributed by atoms with Crippen LogP contribution in [0.1, 0.15) is 28.8 Å². The molecular weight excluding hydrogens is 192 g/mol. The summed E-state index contributed by atoms with van der Waals surface area (Å²) in [4.78, 5) is 23.4. The molecule has 2 atom stereocenters. The quantitative estimate of drug-likeness (QED) is 0.655. The number of carbonyl (C=O) groups is 2. The van der Waals surface area contributed by atoms with Gasteiger partial charge in [0.1, 0.15) is 0 Å². The van der Waals surface area contributed by atoms with Crippen LogP contribution >= 0.6 is 0 Å². The molecule has 0 bridgehead atoms. The monoisotopic (exact) mass is 204 g/mol. The average Bonchev–Trinajstić information content (AvgIpc) is 2.52. The minimum atomic E-state index is -0.432. The highest BCUT2D eigenvalue weighted by Crippen LogP contribution is 2.38. The Bertz CT molecular complexity index is 423. The van der Waals surface area contributed by atoms with E-state index in [0.29, 0.717) is 5.56 Å². The molecule has 2 rings (SSSR count). The van der Waals surface area contributed by atoms with Gasteiger partial charge < -0.3 is 4.74 Å². The van der Waals surface area contributed by atoms with Crippen LogP contribution in [0.4, 0.5) is 0 Å². The van der Waals surface area contributed by atoms with Crippen LogP contribution in [0.5, 0.6) is 0 Å². The molecule has 0 N–H and O–H groups in total. The number of Topliss-reactive ketones (excluding diaryl/α,β-unsaturated/α-hetero) is 1. The number of benzene rings is 1. The summed E-state index contributed by atoms with van der Waals surface area (Å²) in [5.41, 5.74) is 1.45. The van der Waals surface area contributed by atoms with E-state index in [1.165, 1.54) is 7.11 Å². The van der Waals surface area contributed by atoms with Crippen molar-refractivity contribution in [2.45, 2.75) is 12.8 Å². The van der Waals surface area contributed by atoms with Gasteiger partial charge in [0.2, 0.25) is 0 Å². The van der Waals surface area contributed by atoms with Gasteiger partial charge in [0.05, 0.1) is 13.0 Å². The second kappa shape index (κ2) is 3.50. The molecule has 0 fully saturated rings. The van der Waals surface area contributed by atoms with Gasteiger partial charge in [-0.3, -0.25) is 9.59 Å². The number of ether oxygens (including phenoxy) is 1. The SMILES string of the molecule is COC(=O)C1c2ccccc2C(=O)C1C. The summed E-state index contributed by atoms with van der Waals surface area (Å²) < 4.78 is 4.72. The Balaban J connectivity index is 2.51. The van der Waals surface area contributed by atoms with Crippen molar-refractivity contribution in [1.82, 2.24) is 0 Å². The fraction of sp³-hybridized carbons (Fsp3) is 0.333. The van der Waals surface area contributed by atoms with E-state index < -0.39 is 5.92 Å². The minimum absolute atomic E-state index is 0.0287. The van der Waals surface area contributed by atoms with Crippen molar-refractivity contribution in [3.63, 3.8) is 0 Å². The summed E-state index contributed by atoms with van der Waals surface area (Å²) in [6.45, 7) is 1.77. The van der Waals surface area contributed by atoms with Crippen LogP contribution in [0.15, 0.2) is 24.3 Å². The van der Waals surface area contributed by atoms with Crippen molar-refractivity contribution < 1.29 is 14.3 Å². The van der Waals surface area contributed by atoms with E-state index in [-0.39, 0.29) is 17.7 Å². The third kappa shape index (κ3) is 1.35. The van der Waals surface area contributed by atoms with Gasteiger partial charge in [0, 0.05) is 11.5 Å². The smallest absolute Gasteiger partial charge is 0.313 e. The molecule has 3 nitrogen and oxygen atoms in total. The van der Waals surface area contributed by atoms with E-state index in [0.717, 1.165) is 5.56 Å². The fourth-order valence-corrected chi connectivity index (χ4v) is 2.12. The molecule has 0 amide bonds. The Labute approximate surface area is 88.1 Å². The summed E-state index contributed by atoms with van der Waals surface area (Å²) in [6, 6.07) is 7.22. The molecule has 1 aromatic rings. The third-order valence-corrected chi connectivity index (χ3v) is 2.93. The molecule has 0 spiro atoms. The van der Waals surface area contributed by atoms with E-state index in [4.69, 9.17) is 4.74 Å². The number of methoxy groups -OCH3 is 1. The van der Waals surface area contributed by atoms with Gasteiger partial charge >= 0.3 is 5.97 Å². The van der Waals surface area contributed by atoms with E-state index in [9.17, 15) is 9.59 Å². The van der Waals surface area contributed by atoms with Crippen molar-refractivity contribution in [2.75, 3.05) is 7.11 Å². The summed E-state index contributed by atoms with van der Waals surface area (Å²) in [6.07, 6.45) is 0. The van der Waals surface area contributed by atoms with Crippen molar-refractivity contribution in [3.8, 4) is 0 Å². The lowest BCUT2D eigenvalue weighted by Gasteiger charge is -2.12. The van der Waals surface area contributed by atoms with Gasteiger partial charge in [-0.05, 0) is 5.56 Å². The Kier molecular flexibility index (Phi) is 2.31. The maximum absolute atomic E-state index is 11.8. The first-order chi connectivity index (χ1) is 7.16. The predicted octanol–water partition coefficient (Wildman–Crippen LogP) is 1.78.